The summed E-state index contributed by atoms with van der Waals surface area (Å²) in [4.78, 5) is 12.4. The van der Waals surface area contributed by atoms with E-state index in [-0.39, 0.29) is 12.3 Å². The highest BCUT2D eigenvalue weighted by molar-refractivity contribution is 5.78. The molecular formula is C24H28N2O6. The second-order valence-electron chi connectivity index (χ2n) is 7.21. The molecule has 0 saturated heterocycles. The average molecular weight is 440 g/mol. The number of nitrogens with one attached hydrogen (secondary N) is 1. The minimum atomic E-state index is -0.105. The number of carbonyl (C=O) groups excluding carboxylic acids is 1. The van der Waals surface area contributed by atoms with Gasteiger partial charge in [-0.05, 0) is 37.6 Å². The van der Waals surface area contributed by atoms with Crippen LogP contribution in [0.25, 0.3) is 0 Å². The average Bonchev–Trinajstić information content (AvgIpc) is 3.13. The van der Waals surface area contributed by atoms with Gasteiger partial charge in [0.25, 0.3) is 0 Å². The van der Waals surface area contributed by atoms with Crippen molar-refractivity contribution in [3.63, 3.8) is 0 Å². The van der Waals surface area contributed by atoms with Gasteiger partial charge in [0.05, 0.1) is 39.0 Å². The van der Waals surface area contributed by atoms with E-state index in [1.165, 1.54) is 0 Å². The van der Waals surface area contributed by atoms with Gasteiger partial charge in [0, 0.05) is 18.2 Å². The Kier molecular flexibility index (Phi) is 7.59. The Bertz CT molecular complexity index is 1040. The van der Waals surface area contributed by atoms with E-state index in [0.29, 0.717) is 36.1 Å². The van der Waals surface area contributed by atoms with E-state index in [1.54, 1.807) is 33.5 Å². The maximum atomic E-state index is 12.4. The molecule has 8 heteroatoms. The zero-order valence-electron chi connectivity index (χ0n) is 19.0. The van der Waals surface area contributed by atoms with Gasteiger partial charge in [-0.25, -0.2) is 0 Å². The number of carbonyl (C=O) groups is 1. The highest BCUT2D eigenvalue weighted by Gasteiger charge is 2.13. The zero-order valence-corrected chi connectivity index (χ0v) is 19.0. The Hall–Kier alpha value is -3.68. The maximum absolute atomic E-state index is 12.4. The molecule has 1 heterocycles. The number of benzene rings is 2. The Morgan fingerprint density at radius 2 is 1.62 bits per heavy atom. The molecule has 8 nitrogen and oxygen atoms in total. The first kappa shape index (κ1) is 23.0. The Morgan fingerprint density at radius 3 is 2.22 bits per heavy atom. The number of hydrogen-bond acceptors (Lipinski definition) is 7. The first-order valence-corrected chi connectivity index (χ1v) is 10.1. The number of amides is 1. The van der Waals surface area contributed by atoms with Gasteiger partial charge in [0.2, 0.25) is 5.91 Å². The second-order valence-corrected chi connectivity index (χ2v) is 7.21. The first-order valence-electron chi connectivity index (χ1n) is 10.1. The third-order valence-corrected chi connectivity index (χ3v) is 5.12. The molecule has 0 radical (unpaired) electrons. The summed E-state index contributed by atoms with van der Waals surface area (Å²) in [6, 6.07) is 11.0. The Balaban J connectivity index is 1.55. The molecule has 0 aliphatic carbocycles. The number of rotatable bonds is 10. The lowest BCUT2D eigenvalue weighted by Crippen LogP contribution is -2.24. The largest absolute Gasteiger partial charge is 0.496 e. The molecule has 0 saturated carbocycles. The zero-order chi connectivity index (χ0) is 23.1. The van der Waals surface area contributed by atoms with Gasteiger partial charge in [-0.1, -0.05) is 17.3 Å². The third kappa shape index (κ3) is 5.51. The molecule has 1 aromatic heterocycles. The highest BCUT2D eigenvalue weighted by Crippen LogP contribution is 2.34. The van der Waals surface area contributed by atoms with E-state index in [4.69, 9.17) is 23.5 Å². The van der Waals surface area contributed by atoms with E-state index in [1.807, 2.05) is 38.1 Å². The van der Waals surface area contributed by atoms with Gasteiger partial charge in [-0.2, -0.15) is 0 Å². The standard InChI is InChI=1S/C24H28N2O6/c1-15-20(16(2)32-26-15)14-31-19-8-6-17(7-9-19)10-24(27)25-13-18-11-22(29-4)23(30-5)12-21(18)28-3/h6-9,11-12H,10,13-14H2,1-5H3,(H,25,27). The monoisotopic (exact) mass is 440 g/mol. The number of hydrogen-bond donors (Lipinski definition) is 1. The van der Waals surface area contributed by atoms with Crippen LogP contribution in [0.3, 0.4) is 0 Å². The van der Waals surface area contributed by atoms with Crippen molar-refractivity contribution in [2.45, 2.75) is 33.4 Å². The van der Waals surface area contributed by atoms with Crippen LogP contribution in [0.15, 0.2) is 40.9 Å². The predicted octanol–water partition coefficient (Wildman–Crippen LogP) is 3.76. The van der Waals surface area contributed by atoms with Crippen molar-refractivity contribution in [3.8, 4) is 23.0 Å². The van der Waals surface area contributed by atoms with Gasteiger partial charge in [0.15, 0.2) is 11.5 Å². The van der Waals surface area contributed by atoms with Gasteiger partial charge >= 0.3 is 0 Å². The third-order valence-electron chi connectivity index (χ3n) is 5.12. The lowest BCUT2D eigenvalue weighted by molar-refractivity contribution is -0.120. The molecule has 1 N–H and O–H groups in total. The first-order chi connectivity index (χ1) is 15.4. The molecule has 170 valence electrons. The van der Waals surface area contributed by atoms with Gasteiger partial charge in [-0.15, -0.1) is 0 Å². The van der Waals surface area contributed by atoms with Crippen LogP contribution in [0.4, 0.5) is 0 Å². The lowest BCUT2D eigenvalue weighted by atomic mass is 10.1. The van der Waals surface area contributed by atoms with Crippen LogP contribution in [0, 0.1) is 13.8 Å². The smallest absolute Gasteiger partial charge is 0.224 e. The normalized spacial score (nSPS) is 10.5. The van der Waals surface area contributed by atoms with Crippen LogP contribution in [-0.4, -0.2) is 32.4 Å². The van der Waals surface area contributed by atoms with E-state index < -0.39 is 0 Å². The molecule has 3 aromatic rings. The van der Waals surface area contributed by atoms with Gasteiger partial charge in [-0.3, -0.25) is 4.79 Å². The van der Waals surface area contributed by atoms with Crippen molar-refractivity contribution in [3.05, 3.63) is 64.5 Å². The quantitative estimate of drug-likeness (QED) is 0.513. The van der Waals surface area contributed by atoms with Crippen molar-refractivity contribution in [1.29, 1.82) is 0 Å². The Morgan fingerprint density at radius 1 is 0.969 bits per heavy atom. The van der Waals surface area contributed by atoms with Crippen molar-refractivity contribution < 1.29 is 28.3 Å². The van der Waals surface area contributed by atoms with Crippen molar-refractivity contribution in [2.75, 3.05) is 21.3 Å². The van der Waals surface area contributed by atoms with E-state index >= 15 is 0 Å². The van der Waals surface area contributed by atoms with Crippen molar-refractivity contribution in [1.82, 2.24) is 10.5 Å². The van der Waals surface area contributed by atoms with Crippen LogP contribution in [0.2, 0.25) is 0 Å². The maximum Gasteiger partial charge on any atom is 0.224 e. The predicted molar refractivity (Wildman–Crippen MR) is 118 cm³/mol. The summed E-state index contributed by atoms with van der Waals surface area (Å²) in [5, 5.41) is 6.84. The molecule has 1 amide bonds. The lowest BCUT2D eigenvalue weighted by Gasteiger charge is -2.14. The van der Waals surface area contributed by atoms with Gasteiger partial charge < -0.3 is 28.8 Å². The number of aryl methyl sites for hydroxylation is 2. The highest BCUT2D eigenvalue weighted by atomic mass is 16.5. The summed E-state index contributed by atoms with van der Waals surface area (Å²) in [5.41, 5.74) is 3.44. The number of ether oxygens (including phenoxy) is 4. The van der Waals surface area contributed by atoms with Gasteiger partial charge in [0.1, 0.15) is 23.9 Å². The molecule has 0 aliphatic heterocycles. The summed E-state index contributed by atoms with van der Waals surface area (Å²) in [7, 11) is 4.70. The fraction of sp³-hybridized carbons (Fsp3) is 0.333. The summed E-state index contributed by atoms with van der Waals surface area (Å²) >= 11 is 0. The number of nitrogens with zero attached hydrogens (tertiary/aromatic N) is 1. The topological polar surface area (TPSA) is 92.0 Å². The van der Waals surface area contributed by atoms with E-state index in [9.17, 15) is 4.79 Å². The molecular weight excluding hydrogens is 412 g/mol. The summed E-state index contributed by atoms with van der Waals surface area (Å²) < 4.78 is 27.0. The summed E-state index contributed by atoms with van der Waals surface area (Å²) in [5.74, 6) is 3.11. The molecule has 32 heavy (non-hydrogen) atoms. The summed E-state index contributed by atoms with van der Waals surface area (Å²) in [6.07, 6.45) is 0.250. The minimum Gasteiger partial charge on any atom is -0.496 e. The number of aromatic nitrogens is 1. The number of methoxy groups -OCH3 is 3. The molecule has 2 aromatic carbocycles. The molecule has 0 bridgehead atoms. The van der Waals surface area contributed by atoms with Crippen LogP contribution >= 0.6 is 0 Å². The second kappa shape index (κ2) is 10.6. The minimum absolute atomic E-state index is 0.105. The van der Waals surface area contributed by atoms with Crippen LogP contribution in [0.5, 0.6) is 23.0 Å². The summed E-state index contributed by atoms with van der Waals surface area (Å²) in [6.45, 7) is 4.43. The molecule has 3 rings (SSSR count). The van der Waals surface area contributed by atoms with Crippen molar-refractivity contribution >= 4 is 5.91 Å². The van der Waals surface area contributed by atoms with Crippen molar-refractivity contribution in [2.24, 2.45) is 0 Å². The fourth-order valence-corrected chi connectivity index (χ4v) is 3.24. The molecule has 0 spiro atoms. The molecule has 0 fully saturated rings. The van der Waals surface area contributed by atoms with Crippen LogP contribution in [0.1, 0.15) is 28.1 Å². The Labute approximate surface area is 187 Å². The molecule has 0 aliphatic rings. The SMILES string of the molecule is COc1cc(OC)c(OC)cc1CNC(=O)Cc1ccc(OCc2c(C)noc2C)cc1. The van der Waals surface area contributed by atoms with Crippen LogP contribution < -0.4 is 24.3 Å². The fourth-order valence-electron chi connectivity index (χ4n) is 3.24. The van der Waals surface area contributed by atoms with Crippen LogP contribution in [-0.2, 0) is 24.4 Å². The van der Waals surface area contributed by atoms with E-state index in [2.05, 4.69) is 10.5 Å². The van der Waals surface area contributed by atoms with E-state index in [0.717, 1.165) is 28.1 Å². The molecule has 0 atom stereocenters. The molecule has 0 unspecified atom stereocenters.